The lowest BCUT2D eigenvalue weighted by Crippen LogP contribution is -2.58. The summed E-state index contributed by atoms with van der Waals surface area (Å²) in [5.41, 5.74) is -1.90. The molecule has 0 aliphatic carbocycles. The summed E-state index contributed by atoms with van der Waals surface area (Å²) in [4.78, 5) is 23.1. The van der Waals surface area contributed by atoms with E-state index in [-0.39, 0.29) is 18.0 Å². The highest BCUT2D eigenvalue weighted by atomic mass is 16.4. The van der Waals surface area contributed by atoms with Gasteiger partial charge in [0.15, 0.2) is 0 Å². The number of nitrogens with one attached hydrogen (secondary N) is 2. The SMILES string of the molecule is CCC(C)(C)NC(=O)CNC(C)(C)C(C)(C)C(=O)O. The molecule has 0 aliphatic heterocycles. The molecule has 0 aromatic heterocycles. The number of hydrogen-bond donors (Lipinski definition) is 3. The number of rotatable bonds is 7. The van der Waals surface area contributed by atoms with Gasteiger partial charge < -0.3 is 15.7 Å². The lowest BCUT2D eigenvalue weighted by Gasteiger charge is -2.39. The summed E-state index contributed by atoms with van der Waals surface area (Å²) in [6.45, 7) is 12.9. The first-order chi connectivity index (χ1) is 8.35. The number of aliphatic carboxylic acids is 1. The van der Waals surface area contributed by atoms with E-state index in [9.17, 15) is 14.7 Å². The van der Waals surface area contributed by atoms with Crippen molar-refractivity contribution in [3.05, 3.63) is 0 Å². The predicted molar refractivity (Wildman–Crippen MR) is 76.0 cm³/mol. The van der Waals surface area contributed by atoms with Gasteiger partial charge in [0.2, 0.25) is 5.91 Å². The largest absolute Gasteiger partial charge is 0.481 e. The lowest BCUT2D eigenvalue weighted by atomic mass is 9.74. The monoisotopic (exact) mass is 272 g/mol. The molecule has 1 amide bonds. The third kappa shape index (κ3) is 4.82. The highest BCUT2D eigenvalue weighted by Gasteiger charge is 2.43. The van der Waals surface area contributed by atoms with E-state index in [1.807, 2.05) is 20.8 Å². The summed E-state index contributed by atoms with van der Waals surface area (Å²) in [6.07, 6.45) is 0.836. The van der Waals surface area contributed by atoms with Gasteiger partial charge in [0, 0.05) is 11.1 Å². The van der Waals surface area contributed by atoms with Crippen molar-refractivity contribution in [3.8, 4) is 0 Å². The average molecular weight is 272 g/mol. The fourth-order valence-corrected chi connectivity index (χ4v) is 1.30. The van der Waals surface area contributed by atoms with Gasteiger partial charge >= 0.3 is 5.97 Å². The van der Waals surface area contributed by atoms with Gasteiger partial charge in [-0.05, 0) is 48.0 Å². The zero-order chi connectivity index (χ0) is 15.5. The molecule has 0 saturated carbocycles. The molecule has 0 unspecified atom stereocenters. The van der Waals surface area contributed by atoms with E-state index in [0.29, 0.717) is 0 Å². The molecule has 112 valence electrons. The predicted octanol–water partition coefficient (Wildman–Crippen LogP) is 1.77. The molecule has 3 N–H and O–H groups in total. The highest BCUT2D eigenvalue weighted by Crippen LogP contribution is 2.30. The standard InChI is InChI=1S/C14H28N2O3/c1-8-12(2,3)16-10(17)9-15-14(6,7)13(4,5)11(18)19/h15H,8-9H2,1-7H3,(H,16,17)(H,18,19). The topological polar surface area (TPSA) is 78.4 Å². The summed E-state index contributed by atoms with van der Waals surface area (Å²) < 4.78 is 0. The maximum Gasteiger partial charge on any atom is 0.310 e. The summed E-state index contributed by atoms with van der Waals surface area (Å²) in [5, 5.41) is 15.2. The number of amides is 1. The molecule has 19 heavy (non-hydrogen) atoms. The Morgan fingerprint density at radius 3 is 1.89 bits per heavy atom. The smallest absolute Gasteiger partial charge is 0.310 e. The molecule has 0 spiro atoms. The minimum atomic E-state index is -0.965. The van der Waals surface area contributed by atoms with Crippen molar-refractivity contribution in [1.82, 2.24) is 10.6 Å². The Hall–Kier alpha value is -1.10. The van der Waals surface area contributed by atoms with Crippen molar-refractivity contribution >= 4 is 11.9 Å². The van der Waals surface area contributed by atoms with Crippen LogP contribution in [0.2, 0.25) is 0 Å². The summed E-state index contributed by atoms with van der Waals surface area (Å²) in [7, 11) is 0. The quantitative estimate of drug-likeness (QED) is 0.660. The molecule has 0 aliphatic rings. The van der Waals surface area contributed by atoms with Gasteiger partial charge in [-0.3, -0.25) is 9.59 Å². The molecule has 0 saturated heterocycles. The molecule has 0 atom stereocenters. The molecule has 0 aromatic rings. The van der Waals surface area contributed by atoms with E-state index >= 15 is 0 Å². The van der Waals surface area contributed by atoms with Gasteiger partial charge in [-0.15, -0.1) is 0 Å². The molecule has 0 radical (unpaired) electrons. The molecule has 0 fully saturated rings. The Morgan fingerprint density at radius 1 is 1.05 bits per heavy atom. The van der Waals surface area contributed by atoms with Crippen molar-refractivity contribution in [2.75, 3.05) is 6.54 Å². The van der Waals surface area contributed by atoms with Gasteiger partial charge in [0.25, 0.3) is 0 Å². The summed E-state index contributed by atoms with van der Waals surface area (Å²) in [6, 6.07) is 0. The van der Waals surface area contributed by atoms with Crippen LogP contribution < -0.4 is 10.6 Å². The maximum atomic E-state index is 11.8. The Kier molecular flexibility index (Phi) is 5.56. The van der Waals surface area contributed by atoms with E-state index in [1.54, 1.807) is 27.7 Å². The fraction of sp³-hybridized carbons (Fsp3) is 0.857. The second kappa shape index (κ2) is 5.90. The van der Waals surface area contributed by atoms with Gasteiger partial charge in [0.1, 0.15) is 0 Å². The van der Waals surface area contributed by atoms with Crippen LogP contribution in [-0.4, -0.2) is 34.6 Å². The third-order valence-corrected chi connectivity index (χ3v) is 4.15. The molecule has 0 heterocycles. The molecule has 5 nitrogen and oxygen atoms in total. The summed E-state index contributed by atoms with van der Waals surface area (Å²) >= 11 is 0. The van der Waals surface area contributed by atoms with Gasteiger partial charge in [0.05, 0.1) is 12.0 Å². The first-order valence-electron chi connectivity index (χ1n) is 6.65. The van der Waals surface area contributed by atoms with Crippen LogP contribution >= 0.6 is 0 Å². The number of hydrogen-bond acceptors (Lipinski definition) is 3. The van der Waals surface area contributed by atoms with Gasteiger partial charge in [-0.2, -0.15) is 0 Å². The van der Waals surface area contributed by atoms with Crippen molar-refractivity contribution in [2.45, 2.75) is 66.0 Å². The minimum Gasteiger partial charge on any atom is -0.481 e. The van der Waals surface area contributed by atoms with Crippen LogP contribution in [0.1, 0.15) is 54.9 Å². The number of carbonyl (C=O) groups is 2. The Balaban J connectivity index is 4.56. The molecule has 0 rings (SSSR count). The van der Waals surface area contributed by atoms with Crippen molar-refractivity contribution < 1.29 is 14.7 Å². The number of carbonyl (C=O) groups excluding carboxylic acids is 1. The van der Waals surface area contributed by atoms with E-state index in [0.717, 1.165) is 6.42 Å². The summed E-state index contributed by atoms with van der Waals surface area (Å²) in [5.74, 6) is -1.01. The molecular weight excluding hydrogens is 244 g/mol. The van der Waals surface area contributed by atoms with E-state index in [2.05, 4.69) is 10.6 Å². The fourth-order valence-electron chi connectivity index (χ4n) is 1.30. The zero-order valence-electron chi connectivity index (χ0n) is 13.2. The third-order valence-electron chi connectivity index (χ3n) is 4.15. The van der Waals surface area contributed by atoms with Crippen LogP contribution in [0.4, 0.5) is 0 Å². The van der Waals surface area contributed by atoms with Crippen LogP contribution in [0.15, 0.2) is 0 Å². The van der Waals surface area contributed by atoms with Crippen LogP contribution in [0, 0.1) is 5.41 Å². The van der Waals surface area contributed by atoms with Gasteiger partial charge in [-0.25, -0.2) is 0 Å². The average Bonchev–Trinajstić information content (AvgIpc) is 2.25. The molecule has 0 aromatic carbocycles. The minimum absolute atomic E-state index is 0.104. The Bertz CT molecular complexity index is 347. The first kappa shape index (κ1) is 17.9. The Labute approximate surface area is 116 Å². The first-order valence-corrected chi connectivity index (χ1v) is 6.65. The Morgan fingerprint density at radius 2 is 1.53 bits per heavy atom. The van der Waals surface area contributed by atoms with Crippen LogP contribution in [0.3, 0.4) is 0 Å². The van der Waals surface area contributed by atoms with Crippen molar-refractivity contribution in [3.63, 3.8) is 0 Å². The maximum absolute atomic E-state index is 11.8. The van der Waals surface area contributed by atoms with Crippen LogP contribution in [0.25, 0.3) is 0 Å². The molecule has 5 heteroatoms. The van der Waals surface area contributed by atoms with Crippen molar-refractivity contribution in [2.24, 2.45) is 5.41 Å². The second-order valence-corrected chi connectivity index (χ2v) is 6.69. The molecular formula is C14H28N2O3. The molecule has 0 bridgehead atoms. The second-order valence-electron chi connectivity index (χ2n) is 6.69. The van der Waals surface area contributed by atoms with Crippen LogP contribution in [0.5, 0.6) is 0 Å². The van der Waals surface area contributed by atoms with E-state index < -0.39 is 16.9 Å². The van der Waals surface area contributed by atoms with E-state index in [4.69, 9.17) is 0 Å². The normalized spacial score (nSPS) is 13.2. The zero-order valence-corrected chi connectivity index (χ0v) is 13.2. The van der Waals surface area contributed by atoms with Crippen LogP contribution in [-0.2, 0) is 9.59 Å². The van der Waals surface area contributed by atoms with Crippen molar-refractivity contribution in [1.29, 1.82) is 0 Å². The number of carboxylic acids is 1. The number of carboxylic acid groups (broad SMARTS) is 1. The highest BCUT2D eigenvalue weighted by molar-refractivity contribution is 5.79. The lowest BCUT2D eigenvalue weighted by molar-refractivity contribution is -0.151. The van der Waals surface area contributed by atoms with E-state index in [1.165, 1.54) is 0 Å². The van der Waals surface area contributed by atoms with Gasteiger partial charge in [-0.1, -0.05) is 6.92 Å².